The number of carbonyl (C=O) groups is 1. The first-order chi connectivity index (χ1) is 12.4. The number of hydrogen-bond donors (Lipinski definition) is 3. The Hall–Kier alpha value is -2.95. The van der Waals surface area contributed by atoms with Gasteiger partial charge in [0.1, 0.15) is 0 Å². The summed E-state index contributed by atoms with van der Waals surface area (Å²) in [4.78, 5) is 16.3. The second kappa shape index (κ2) is 5.80. The predicted molar refractivity (Wildman–Crippen MR) is 102 cm³/mol. The van der Waals surface area contributed by atoms with Crippen LogP contribution in [0.3, 0.4) is 0 Å². The number of aromatic nitrogens is 1. The van der Waals surface area contributed by atoms with Crippen LogP contribution in [0.25, 0.3) is 10.9 Å². The number of fused-ring (bicyclic) bond motifs is 1. The van der Waals surface area contributed by atoms with Crippen LogP contribution in [0.5, 0.6) is 11.5 Å². The number of phenolic OH excluding ortho intramolecular Hbond substituents is 1. The van der Waals surface area contributed by atoms with Gasteiger partial charge in [-0.05, 0) is 68.1 Å². The van der Waals surface area contributed by atoms with Gasteiger partial charge in [0, 0.05) is 22.3 Å². The number of H-pyrrole nitrogens is 1. The van der Waals surface area contributed by atoms with E-state index < -0.39 is 5.41 Å². The number of nitrogens with one attached hydrogen (secondary N) is 2. The van der Waals surface area contributed by atoms with Gasteiger partial charge in [0.2, 0.25) is 5.91 Å². The fourth-order valence-electron chi connectivity index (χ4n) is 3.54. The molecular formula is C21H22N2O3. The molecule has 134 valence electrons. The van der Waals surface area contributed by atoms with Crippen LogP contribution in [-0.2, 0) is 10.2 Å². The molecule has 2 aromatic carbocycles. The summed E-state index contributed by atoms with van der Waals surface area (Å²) in [6.45, 7) is 4.12. The highest BCUT2D eigenvalue weighted by Crippen LogP contribution is 2.50. The van der Waals surface area contributed by atoms with E-state index in [0.29, 0.717) is 5.75 Å². The minimum atomic E-state index is -0.543. The van der Waals surface area contributed by atoms with E-state index in [1.807, 2.05) is 25.1 Å². The summed E-state index contributed by atoms with van der Waals surface area (Å²) in [5.74, 6) is 0.451. The van der Waals surface area contributed by atoms with Crippen molar-refractivity contribution in [3.8, 4) is 11.5 Å². The Morgan fingerprint density at radius 1 is 1.19 bits per heavy atom. The number of hydrogen-bond acceptors (Lipinski definition) is 3. The third-order valence-corrected chi connectivity index (χ3v) is 5.48. The lowest BCUT2D eigenvalue weighted by molar-refractivity contribution is -0.118. The van der Waals surface area contributed by atoms with Gasteiger partial charge < -0.3 is 20.1 Å². The van der Waals surface area contributed by atoms with E-state index in [2.05, 4.69) is 17.2 Å². The number of aryl methyl sites for hydroxylation is 2. The molecule has 4 rings (SSSR count). The lowest BCUT2D eigenvalue weighted by Crippen LogP contribution is -2.27. The van der Waals surface area contributed by atoms with E-state index in [4.69, 9.17) is 4.74 Å². The lowest BCUT2D eigenvalue weighted by Gasteiger charge is -2.17. The van der Waals surface area contributed by atoms with Gasteiger partial charge in [-0.1, -0.05) is 6.07 Å². The first-order valence-corrected chi connectivity index (χ1v) is 8.72. The molecule has 1 aromatic heterocycles. The average molecular weight is 350 g/mol. The van der Waals surface area contributed by atoms with Crippen molar-refractivity contribution in [1.29, 1.82) is 0 Å². The number of carbonyl (C=O) groups excluding carboxylic acids is 1. The lowest BCUT2D eigenvalue weighted by atomic mass is 9.94. The Morgan fingerprint density at radius 2 is 1.96 bits per heavy atom. The Labute approximate surface area is 152 Å². The minimum Gasteiger partial charge on any atom is -0.504 e. The minimum absolute atomic E-state index is 0.0190. The summed E-state index contributed by atoms with van der Waals surface area (Å²) in [5, 5.41) is 14.0. The number of benzene rings is 2. The zero-order valence-corrected chi connectivity index (χ0v) is 15.1. The number of aromatic hydroxyl groups is 1. The quantitative estimate of drug-likeness (QED) is 0.661. The van der Waals surface area contributed by atoms with Crippen LogP contribution in [0.1, 0.15) is 29.7 Å². The summed E-state index contributed by atoms with van der Waals surface area (Å²) in [6.07, 6.45) is 1.58. The van der Waals surface area contributed by atoms with Crippen molar-refractivity contribution in [3.63, 3.8) is 0 Å². The fraction of sp³-hybridized carbons (Fsp3) is 0.286. The molecule has 0 unspecified atom stereocenters. The molecule has 1 aliphatic rings. The van der Waals surface area contributed by atoms with Gasteiger partial charge in [-0.2, -0.15) is 0 Å². The Balaban J connectivity index is 1.63. The van der Waals surface area contributed by atoms with Crippen LogP contribution in [-0.4, -0.2) is 23.1 Å². The van der Waals surface area contributed by atoms with Crippen molar-refractivity contribution in [2.24, 2.45) is 0 Å². The summed E-state index contributed by atoms with van der Waals surface area (Å²) in [7, 11) is 1.51. The molecule has 3 N–H and O–H groups in total. The van der Waals surface area contributed by atoms with Crippen molar-refractivity contribution in [1.82, 2.24) is 4.98 Å². The normalized spacial score (nSPS) is 15.0. The van der Waals surface area contributed by atoms with Gasteiger partial charge in [0.05, 0.1) is 12.5 Å². The largest absolute Gasteiger partial charge is 0.504 e. The summed E-state index contributed by atoms with van der Waals surface area (Å²) >= 11 is 0. The number of anilines is 1. The Morgan fingerprint density at radius 3 is 2.65 bits per heavy atom. The summed E-state index contributed by atoms with van der Waals surface area (Å²) in [6, 6.07) is 11.1. The van der Waals surface area contributed by atoms with E-state index >= 15 is 0 Å². The zero-order chi connectivity index (χ0) is 18.5. The number of ether oxygens (including phenoxy) is 1. The van der Waals surface area contributed by atoms with Crippen LogP contribution >= 0.6 is 0 Å². The maximum atomic E-state index is 13.0. The molecule has 3 aromatic rings. The smallest absolute Gasteiger partial charge is 0.235 e. The molecule has 1 fully saturated rings. The van der Waals surface area contributed by atoms with Gasteiger partial charge >= 0.3 is 0 Å². The molecule has 5 heteroatoms. The van der Waals surface area contributed by atoms with Crippen molar-refractivity contribution in [2.45, 2.75) is 32.1 Å². The molecule has 26 heavy (non-hydrogen) atoms. The molecule has 1 aliphatic carbocycles. The molecule has 5 nitrogen and oxygen atoms in total. The second-order valence-electron chi connectivity index (χ2n) is 7.06. The second-order valence-corrected chi connectivity index (χ2v) is 7.06. The molecule has 0 atom stereocenters. The number of phenols is 1. The molecule has 0 radical (unpaired) electrons. The Kier molecular flexibility index (Phi) is 3.68. The highest BCUT2D eigenvalue weighted by Gasteiger charge is 2.51. The SMILES string of the molecule is COc1cc(C2(C(=O)Nc3ccc4[nH]c(C)c(C)c4c3)CC2)ccc1O. The third-order valence-electron chi connectivity index (χ3n) is 5.48. The van der Waals surface area contributed by atoms with E-state index in [1.54, 1.807) is 18.2 Å². The van der Waals surface area contributed by atoms with Gasteiger partial charge in [0.15, 0.2) is 11.5 Å². The predicted octanol–water partition coefficient (Wildman–Crippen LogP) is 4.17. The van der Waals surface area contributed by atoms with Gasteiger partial charge in [-0.25, -0.2) is 0 Å². The molecule has 0 spiro atoms. The monoisotopic (exact) mass is 350 g/mol. The van der Waals surface area contributed by atoms with Crippen LogP contribution < -0.4 is 10.1 Å². The van der Waals surface area contributed by atoms with Gasteiger partial charge in [0.25, 0.3) is 0 Å². The van der Waals surface area contributed by atoms with Crippen molar-refractivity contribution in [3.05, 3.63) is 53.2 Å². The molecule has 0 bridgehead atoms. The van der Waals surface area contributed by atoms with Crippen LogP contribution in [0, 0.1) is 13.8 Å². The number of rotatable bonds is 4. The molecule has 0 aliphatic heterocycles. The Bertz CT molecular complexity index is 1020. The van der Waals surface area contributed by atoms with E-state index in [-0.39, 0.29) is 11.7 Å². The molecule has 1 saturated carbocycles. The number of amides is 1. The third kappa shape index (κ3) is 2.51. The molecular weight excluding hydrogens is 328 g/mol. The highest BCUT2D eigenvalue weighted by molar-refractivity contribution is 6.02. The number of methoxy groups -OCH3 is 1. The first-order valence-electron chi connectivity index (χ1n) is 8.72. The van der Waals surface area contributed by atoms with Crippen LogP contribution in [0.4, 0.5) is 5.69 Å². The molecule has 1 amide bonds. The maximum Gasteiger partial charge on any atom is 0.235 e. The molecule has 0 saturated heterocycles. The van der Waals surface area contributed by atoms with Crippen molar-refractivity contribution >= 4 is 22.5 Å². The van der Waals surface area contributed by atoms with Crippen LogP contribution in [0.2, 0.25) is 0 Å². The van der Waals surface area contributed by atoms with Crippen molar-refractivity contribution < 1.29 is 14.6 Å². The summed E-state index contributed by atoms with van der Waals surface area (Å²) < 4.78 is 5.19. The topological polar surface area (TPSA) is 74.3 Å². The van der Waals surface area contributed by atoms with Gasteiger partial charge in [-0.15, -0.1) is 0 Å². The zero-order valence-electron chi connectivity index (χ0n) is 15.1. The van der Waals surface area contributed by atoms with E-state index in [9.17, 15) is 9.90 Å². The van der Waals surface area contributed by atoms with E-state index in [0.717, 1.165) is 40.7 Å². The van der Waals surface area contributed by atoms with Crippen molar-refractivity contribution in [2.75, 3.05) is 12.4 Å². The highest BCUT2D eigenvalue weighted by atomic mass is 16.5. The molecule has 1 heterocycles. The summed E-state index contributed by atoms with van der Waals surface area (Å²) in [5.41, 5.74) is 4.53. The van der Waals surface area contributed by atoms with Crippen LogP contribution in [0.15, 0.2) is 36.4 Å². The standard InChI is InChI=1S/C21H22N2O3/c1-12-13(2)22-17-6-5-15(11-16(12)17)23-20(25)21(8-9-21)14-4-7-18(24)19(10-14)26-3/h4-7,10-11,22,24H,8-9H2,1-3H3,(H,23,25). The average Bonchev–Trinajstić information content (AvgIpc) is 3.39. The maximum absolute atomic E-state index is 13.0. The fourth-order valence-corrected chi connectivity index (χ4v) is 3.54. The number of aromatic amines is 1. The first kappa shape index (κ1) is 16.5. The van der Waals surface area contributed by atoms with E-state index in [1.165, 1.54) is 12.7 Å². The van der Waals surface area contributed by atoms with Gasteiger partial charge in [-0.3, -0.25) is 4.79 Å².